The van der Waals surface area contributed by atoms with E-state index in [0.29, 0.717) is 6.29 Å². The Labute approximate surface area is 70.5 Å². The summed E-state index contributed by atoms with van der Waals surface area (Å²) in [5, 5.41) is 8.32. The molecule has 0 aliphatic rings. The molecule has 0 saturated carbocycles. The van der Waals surface area contributed by atoms with E-state index in [4.69, 9.17) is 5.11 Å². The smallest absolute Gasteiger partial charge is 0.307 e. The maximum Gasteiger partial charge on any atom is 0.307 e. The van der Waals surface area contributed by atoms with Crippen molar-refractivity contribution in [2.45, 2.75) is 19.0 Å². The Bertz CT molecular complexity index is 179. The van der Waals surface area contributed by atoms with E-state index >= 15 is 0 Å². The molecule has 0 fully saturated rings. The van der Waals surface area contributed by atoms with Gasteiger partial charge in [-0.1, -0.05) is 0 Å². The van der Waals surface area contributed by atoms with Crippen LogP contribution in [0.15, 0.2) is 0 Å². The summed E-state index contributed by atoms with van der Waals surface area (Å²) in [4.78, 5) is 38.5. The normalized spacial score (nSPS) is 13.9. The number of carbonyl (C=O) groups is 2. The molecule has 0 rings (SSSR count). The van der Waals surface area contributed by atoms with E-state index in [1.54, 1.807) is 0 Å². The summed E-state index contributed by atoms with van der Waals surface area (Å²) >= 11 is 0. The fourth-order valence-corrected chi connectivity index (χ4v) is 1.72. The zero-order valence-electron chi connectivity index (χ0n) is 6.67. The molecule has 0 aliphatic carbocycles. The molecular weight excluding hydrogens is 183 g/mol. The molecule has 3 N–H and O–H groups in total. The van der Waals surface area contributed by atoms with Crippen LogP contribution in [0.5, 0.6) is 0 Å². The molecule has 0 bridgehead atoms. The third-order valence-electron chi connectivity index (χ3n) is 1.52. The van der Waals surface area contributed by atoms with Crippen LogP contribution in [0.3, 0.4) is 0 Å². The van der Waals surface area contributed by atoms with Crippen LogP contribution in [-0.2, 0) is 9.59 Å². The number of aliphatic carboxylic acids is 1. The predicted molar refractivity (Wildman–Crippen MR) is 44.0 cm³/mol. The van der Waals surface area contributed by atoms with Crippen LogP contribution >= 0.6 is 7.72 Å². The quantitative estimate of drug-likeness (QED) is 0.420. The van der Waals surface area contributed by atoms with Crippen LogP contribution in [0.25, 0.3) is 0 Å². The summed E-state index contributed by atoms with van der Waals surface area (Å²) in [7, 11) is -3.34. The molecule has 6 heteroatoms. The molecule has 12 heavy (non-hydrogen) atoms. The molecule has 1 unspecified atom stereocenters. The van der Waals surface area contributed by atoms with Crippen molar-refractivity contribution in [3.8, 4) is 0 Å². The standard InChI is InChI=1S/C6H11O5P/c1-5(4-6(8)9)12(10,11)3-2-7/h2,5,10-11H,3-4H2,1H3/p+1. The summed E-state index contributed by atoms with van der Waals surface area (Å²) in [5.74, 6) is -1.10. The highest BCUT2D eigenvalue weighted by molar-refractivity contribution is 7.66. The Balaban J connectivity index is 4.13. The molecule has 0 heterocycles. The van der Waals surface area contributed by atoms with Gasteiger partial charge in [0.25, 0.3) is 7.72 Å². The SMILES string of the molecule is CC(CC(=O)O)[P+](O)(O)CC=O. The number of hydrogen-bond acceptors (Lipinski definition) is 4. The Morgan fingerprint density at radius 2 is 2.08 bits per heavy atom. The molecule has 0 aromatic rings. The van der Waals surface area contributed by atoms with Crippen molar-refractivity contribution in [2.75, 3.05) is 6.16 Å². The van der Waals surface area contributed by atoms with E-state index < -0.39 is 19.3 Å². The van der Waals surface area contributed by atoms with Gasteiger partial charge in [-0.05, 0) is 6.92 Å². The number of hydrogen-bond donors (Lipinski definition) is 3. The van der Waals surface area contributed by atoms with E-state index in [2.05, 4.69) is 0 Å². The Morgan fingerprint density at radius 3 is 2.42 bits per heavy atom. The van der Waals surface area contributed by atoms with E-state index in [-0.39, 0.29) is 12.6 Å². The summed E-state index contributed by atoms with van der Waals surface area (Å²) in [5.41, 5.74) is -0.750. The maximum atomic E-state index is 10.2. The molecule has 0 radical (unpaired) electrons. The van der Waals surface area contributed by atoms with E-state index in [1.807, 2.05) is 0 Å². The second-order valence-electron chi connectivity index (χ2n) is 2.58. The van der Waals surface area contributed by atoms with Gasteiger partial charge in [0, 0.05) is 0 Å². The van der Waals surface area contributed by atoms with Gasteiger partial charge in [0.2, 0.25) is 0 Å². The first kappa shape index (κ1) is 11.5. The lowest BCUT2D eigenvalue weighted by Gasteiger charge is -2.15. The van der Waals surface area contributed by atoms with Crippen molar-refractivity contribution in [3.63, 3.8) is 0 Å². The topological polar surface area (TPSA) is 94.8 Å². The van der Waals surface area contributed by atoms with Crippen LogP contribution in [0.4, 0.5) is 0 Å². The van der Waals surface area contributed by atoms with Crippen molar-refractivity contribution in [1.82, 2.24) is 0 Å². The number of carboxylic acid groups (broad SMARTS) is 1. The minimum Gasteiger partial charge on any atom is -0.481 e. The molecule has 0 aliphatic heterocycles. The highest BCUT2D eigenvalue weighted by atomic mass is 31.2. The van der Waals surface area contributed by atoms with E-state index in [1.165, 1.54) is 6.92 Å². The van der Waals surface area contributed by atoms with Crippen molar-refractivity contribution in [2.24, 2.45) is 0 Å². The predicted octanol–water partition coefficient (Wildman–Crippen LogP) is -0.119. The lowest BCUT2D eigenvalue weighted by atomic mass is 10.3. The molecule has 1 atom stereocenters. The first-order valence-electron chi connectivity index (χ1n) is 3.39. The average Bonchev–Trinajstić information content (AvgIpc) is 1.85. The number of rotatable bonds is 5. The van der Waals surface area contributed by atoms with Gasteiger partial charge in [-0.15, -0.1) is 0 Å². The minimum absolute atomic E-state index is 0.325. The molecule has 70 valence electrons. The average molecular weight is 195 g/mol. The van der Waals surface area contributed by atoms with Crippen LogP contribution < -0.4 is 0 Å². The lowest BCUT2D eigenvalue weighted by Crippen LogP contribution is -2.17. The lowest BCUT2D eigenvalue weighted by molar-refractivity contribution is -0.137. The van der Waals surface area contributed by atoms with Crippen LogP contribution in [-0.4, -0.2) is 39.0 Å². The van der Waals surface area contributed by atoms with Gasteiger partial charge in [0.1, 0.15) is 5.66 Å². The monoisotopic (exact) mass is 195 g/mol. The van der Waals surface area contributed by atoms with Crippen molar-refractivity contribution in [3.05, 3.63) is 0 Å². The van der Waals surface area contributed by atoms with Crippen LogP contribution in [0, 0.1) is 0 Å². The number of aldehydes is 1. The first-order chi connectivity index (χ1) is 5.40. The van der Waals surface area contributed by atoms with Gasteiger partial charge in [0.05, 0.1) is 6.42 Å². The Morgan fingerprint density at radius 1 is 1.58 bits per heavy atom. The number of carbonyl (C=O) groups excluding carboxylic acids is 1. The third kappa shape index (κ3) is 3.76. The Hall–Kier alpha value is -0.510. The van der Waals surface area contributed by atoms with E-state index in [0.717, 1.165) is 0 Å². The third-order valence-corrected chi connectivity index (χ3v) is 3.80. The molecule has 0 aromatic heterocycles. The van der Waals surface area contributed by atoms with Gasteiger partial charge in [-0.2, -0.15) is 0 Å². The summed E-state index contributed by atoms with van der Waals surface area (Å²) in [6.07, 6.45) is -0.289. The van der Waals surface area contributed by atoms with Crippen molar-refractivity contribution in [1.29, 1.82) is 0 Å². The summed E-state index contributed by atoms with van der Waals surface area (Å²) < 4.78 is 0. The highest BCUT2D eigenvalue weighted by Crippen LogP contribution is 2.54. The minimum atomic E-state index is -3.34. The first-order valence-corrected chi connectivity index (χ1v) is 5.33. The number of carboxylic acids is 1. The van der Waals surface area contributed by atoms with Crippen molar-refractivity contribution < 1.29 is 24.5 Å². The highest BCUT2D eigenvalue weighted by Gasteiger charge is 2.41. The molecule has 5 nitrogen and oxygen atoms in total. The molecule has 0 spiro atoms. The maximum absolute atomic E-state index is 10.2. The van der Waals surface area contributed by atoms with E-state index in [9.17, 15) is 19.4 Å². The van der Waals surface area contributed by atoms with Gasteiger partial charge in [0.15, 0.2) is 12.4 Å². The van der Waals surface area contributed by atoms with Crippen molar-refractivity contribution >= 4 is 20.0 Å². The fourth-order valence-electron chi connectivity index (χ4n) is 0.689. The molecule has 0 saturated heterocycles. The summed E-state index contributed by atoms with van der Waals surface area (Å²) in [6.45, 7) is 1.41. The molecule has 0 amide bonds. The summed E-state index contributed by atoms with van der Waals surface area (Å²) in [6, 6.07) is 0. The zero-order valence-corrected chi connectivity index (χ0v) is 7.57. The van der Waals surface area contributed by atoms with Gasteiger partial charge >= 0.3 is 5.97 Å². The second-order valence-corrected chi connectivity index (χ2v) is 5.40. The largest absolute Gasteiger partial charge is 0.481 e. The van der Waals surface area contributed by atoms with Crippen LogP contribution in [0.1, 0.15) is 13.3 Å². The van der Waals surface area contributed by atoms with Gasteiger partial charge in [-0.25, -0.2) is 9.79 Å². The van der Waals surface area contributed by atoms with Gasteiger partial charge in [-0.3, -0.25) is 9.59 Å². The van der Waals surface area contributed by atoms with Crippen LogP contribution in [0.2, 0.25) is 0 Å². The zero-order chi connectivity index (χ0) is 9.78. The molecule has 0 aromatic carbocycles. The fraction of sp³-hybridized carbons (Fsp3) is 0.667. The Kier molecular flexibility index (Phi) is 4.31. The van der Waals surface area contributed by atoms with Gasteiger partial charge < -0.3 is 5.11 Å². The second kappa shape index (κ2) is 4.50. The molecular formula is C6H12O5P+.